The molecule has 0 bridgehead atoms. The number of nitrogens with one attached hydrogen (secondary N) is 1. The van der Waals surface area contributed by atoms with Crippen LogP contribution in [0.15, 0.2) is 29.2 Å². The third-order valence-corrected chi connectivity index (χ3v) is 6.34. The molecule has 1 heterocycles. The Morgan fingerprint density at radius 1 is 1.14 bits per heavy atom. The highest BCUT2D eigenvalue weighted by Gasteiger charge is 2.46. The largest absolute Gasteiger partial charge is 0.408 e. The summed E-state index contributed by atoms with van der Waals surface area (Å²) in [7, 11) is -3.83. The first kappa shape index (κ1) is 22.7. The van der Waals surface area contributed by atoms with Crippen molar-refractivity contribution in [2.45, 2.75) is 69.0 Å². The van der Waals surface area contributed by atoms with Gasteiger partial charge in [-0.25, -0.2) is 13.1 Å². The number of amides is 1. The summed E-state index contributed by atoms with van der Waals surface area (Å²) in [6.45, 7) is 5.83. The lowest BCUT2D eigenvalue weighted by atomic mass is 9.87. The van der Waals surface area contributed by atoms with E-state index in [1.807, 2.05) is 20.8 Å². The van der Waals surface area contributed by atoms with Crippen LogP contribution in [0.1, 0.15) is 52.0 Å². The van der Waals surface area contributed by atoms with E-state index in [9.17, 15) is 26.4 Å². The summed E-state index contributed by atoms with van der Waals surface area (Å²) in [6, 6.07) is 4.63. The molecule has 1 aliphatic heterocycles. The van der Waals surface area contributed by atoms with Gasteiger partial charge in [-0.05, 0) is 42.4 Å². The van der Waals surface area contributed by atoms with E-state index in [0.717, 1.165) is 10.5 Å². The summed E-state index contributed by atoms with van der Waals surface area (Å²) in [5, 5.41) is 0. The van der Waals surface area contributed by atoms with E-state index in [4.69, 9.17) is 0 Å². The van der Waals surface area contributed by atoms with Gasteiger partial charge in [0.2, 0.25) is 15.9 Å². The van der Waals surface area contributed by atoms with Crippen LogP contribution in [0.4, 0.5) is 13.2 Å². The van der Waals surface area contributed by atoms with Gasteiger partial charge < -0.3 is 4.90 Å². The Morgan fingerprint density at radius 3 is 2.29 bits per heavy atom. The van der Waals surface area contributed by atoms with Crippen LogP contribution in [-0.4, -0.2) is 44.5 Å². The molecule has 0 radical (unpaired) electrons. The number of hydrogen-bond acceptors (Lipinski definition) is 3. The number of hydrogen-bond donors (Lipinski definition) is 1. The number of benzene rings is 1. The topological polar surface area (TPSA) is 66.5 Å². The Kier molecular flexibility index (Phi) is 6.81. The first-order valence-corrected chi connectivity index (χ1v) is 10.8. The molecule has 1 N–H and O–H groups in total. The average molecular weight is 420 g/mol. The zero-order valence-electron chi connectivity index (χ0n) is 16.3. The third kappa shape index (κ3) is 5.70. The zero-order valence-corrected chi connectivity index (χ0v) is 17.2. The van der Waals surface area contributed by atoms with Crippen LogP contribution in [-0.2, 0) is 20.2 Å². The fraction of sp³-hybridized carbons (Fsp3) is 0.632. The maximum absolute atomic E-state index is 13.1. The molecule has 1 amide bonds. The monoisotopic (exact) mass is 420 g/mol. The number of alkyl halides is 3. The van der Waals surface area contributed by atoms with E-state index < -0.39 is 28.1 Å². The van der Waals surface area contributed by atoms with E-state index in [-0.39, 0.29) is 36.2 Å². The van der Waals surface area contributed by atoms with Gasteiger partial charge in [0.15, 0.2) is 0 Å². The van der Waals surface area contributed by atoms with Crippen molar-refractivity contribution < 1.29 is 26.4 Å². The molecular weight excluding hydrogens is 393 g/mol. The van der Waals surface area contributed by atoms with E-state index in [1.54, 1.807) is 12.1 Å². The van der Waals surface area contributed by atoms with Crippen molar-refractivity contribution in [3.8, 4) is 0 Å². The van der Waals surface area contributed by atoms with Crippen molar-refractivity contribution >= 4 is 15.9 Å². The molecule has 28 heavy (non-hydrogen) atoms. The van der Waals surface area contributed by atoms with Gasteiger partial charge in [0.05, 0.1) is 4.90 Å². The van der Waals surface area contributed by atoms with Crippen molar-refractivity contribution in [2.75, 3.05) is 13.1 Å². The van der Waals surface area contributed by atoms with Crippen LogP contribution < -0.4 is 4.72 Å². The Bertz CT molecular complexity index is 784. The highest BCUT2D eigenvalue weighted by molar-refractivity contribution is 7.89. The van der Waals surface area contributed by atoms with Crippen LogP contribution in [0.25, 0.3) is 0 Å². The number of carbonyl (C=O) groups is 1. The number of nitrogens with zero attached hydrogens (tertiary/aromatic N) is 1. The molecular formula is C19H27F3N2O3S. The summed E-state index contributed by atoms with van der Waals surface area (Å²) in [6.07, 6.45) is -3.95. The fourth-order valence-corrected chi connectivity index (χ4v) is 4.26. The van der Waals surface area contributed by atoms with Gasteiger partial charge >= 0.3 is 6.18 Å². The lowest BCUT2D eigenvalue weighted by Crippen LogP contribution is -2.51. The molecule has 1 atom stereocenters. The van der Waals surface area contributed by atoms with E-state index >= 15 is 0 Å². The molecule has 0 aromatic heterocycles. The van der Waals surface area contributed by atoms with Gasteiger partial charge in [-0.15, -0.1) is 0 Å². The van der Waals surface area contributed by atoms with Crippen molar-refractivity contribution in [2.24, 2.45) is 0 Å². The first-order valence-electron chi connectivity index (χ1n) is 9.29. The quantitative estimate of drug-likeness (QED) is 0.792. The Hall–Kier alpha value is -1.61. The lowest BCUT2D eigenvalue weighted by molar-refractivity contribution is -0.195. The second kappa shape index (κ2) is 8.41. The number of carbonyl (C=O) groups excluding carboxylic acids is 1. The predicted molar refractivity (Wildman–Crippen MR) is 100 cm³/mol. The summed E-state index contributed by atoms with van der Waals surface area (Å²) >= 11 is 0. The number of likely N-dealkylation sites (tertiary alicyclic amines) is 1. The third-order valence-electron chi connectivity index (χ3n) is 4.86. The second-order valence-electron chi connectivity index (χ2n) is 8.06. The van der Waals surface area contributed by atoms with Crippen molar-refractivity contribution in [1.82, 2.24) is 9.62 Å². The molecule has 5 nitrogen and oxygen atoms in total. The summed E-state index contributed by atoms with van der Waals surface area (Å²) in [5.41, 5.74) is 0.857. The molecule has 1 aliphatic rings. The van der Waals surface area contributed by atoms with Gasteiger partial charge in [0.1, 0.15) is 6.04 Å². The minimum Gasteiger partial charge on any atom is -0.331 e. The van der Waals surface area contributed by atoms with Crippen LogP contribution in [0, 0.1) is 0 Å². The maximum atomic E-state index is 13.1. The van der Waals surface area contributed by atoms with Crippen molar-refractivity contribution in [3.05, 3.63) is 29.8 Å². The minimum atomic E-state index is -4.47. The molecule has 158 valence electrons. The zero-order chi connectivity index (χ0) is 21.2. The Labute approximate surface area is 164 Å². The highest BCUT2D eigenvalue weighted by atomic mass is 32.2. The molecule has 9 heteroatoms. The lowest BCUT2D eigenvalue weighted by Gasteiger charge is -2.36. The minimum absolute atomic E-state index is 0.0457. The van der Waals surface area contributed by atoms with Crippen LogP contribution in [0.5, 0.6) is 0 Å². The van der Waals surface area contributed by atoms with Crippen LogP contribution >= 0.6 is 0 Å². The second-order valence-corrected chi connectivity index (χ2v) is 9.83. The first-order chi connectivity index (χ1) is 12.8. The molecule has 1 saturated heterocycles. The normalized spacial score (nSPS) is 18.9. The van der Waals surface area contributed by atoms with Crippen LogP contribution in [0.3, 0.4) is 0 Å². The van der Waals surface area contributed by atoms with Gasteiger partial charge in [-0.1, -0.05) is 32.9 Å². The molecule has 1 aromatic rings. The fourth-order valence-electron chi connectivity index (χ4n) is 3.22. The molecule has 2 rings (SSSR count). The molecule has 1 fully saturated rings. The molecule has 1 aromatic carbocycles. The number of rotatable bonds is 5. The standard InChI is InChI=1S/C19H27F3N2O3S/c1-18(2,3)14-7-9-15(10-8-14)28(26,27)23-12-11-17(25)24-13-5-4-6-16(24)19(20,21)22/h7-10,16,23H,4-6,11-13H2,1-3H3/t16-/m0/s1. The SMILES string of the molecule is CC(C)(C)c1ccc(S(=O)(=O)NCCC(=O)N2CCCC[C@H]2C(F)(F)F)cc1. The van der Waals surface area contributed by atoms with Gasteiger partial charge in [0.25, 0.3) is 0 Å². The Balaban J connectivity index is 1.96. The van der Waals surface area contributed by atoms with E-state index in [2.05, 4.69) is 4.72 Å². The summed E-state index contributed by atoms with van der Waals surface area (Å²) < 4.78 is 66.3. The van der Waals surface area contributed by atoms with E-state index in [0.29, 0.717) is 12.8 Å². The number of sulfonamides is 1. The van der Waals surface area contributed by atoms with Gasteiger partial charge in [-0.3, -0.25) is 4.79 Å². The summed E-state index contributed by atoms with van der Waals surface area (Å²) in [4.78, 5) is 13.1. The molecule has 0 saturated carbocycles. The molecule has 0 aliphatic carbocycles. The smallest absolute Gasteiger partial charge is 0.331 e. The number of halogens is 3. The number of piperidine rings is 1. The van der Waals surface area contributed by atoms with Crippen molar-refractivity contribution in [1.29, 1.82) is 0 Å². The predicted octanol–water partition coefficient (Wildman–Crippen LogP) is 3.60. The Morgan fingerprint density at radius 2 is 1.75 bits per heavy atom. The average Bonchev–Trinajstić information content (AvgIpc) is 2.60. The summed E-state index contributed by atoms with van der Waals surface area (Å²) in [5.74, 6) is -0.687. The van der Waals surface area contributed by atoms with Gasteiger partial charge in [0, 0.05) is 19.5 Å². The maximum Gasteiger partial charge on any atom is 0.408 e. The molecule has 0 spiro atoms. The van der Waals surface area contributed by atoms with Crippen molar-refractivity contribution in [3.63, 3.8) is 0 Å². The van der Waals surface area contributed by atoms with Gasteiger partial charge in [-0.2, -0.15) is 13.2 Å². The van der Waals surface area contributed by atoms with Crippen LogP contribution in [0.2, 0.25) is 0 Å². The highest BCUT2D eigenvalue weighted by Crippen LogP contribution is 2.32. The molecule has 0 unspecified atom stereocenters. The van der Waals surface area contributed by atoms with E-state index in [1.165, 1.54) is 12.1 Å².